The Morgan fingerprint density at radius 3 is 2.66 bits per heavy atom. The molecule has 0 radical (unpaired) electrons. The molecule has 0 saturated heterocycles. The first-order valence-electron chi connectivity index (χ1n) is 9.60. The Morgan fingerprint density at radius 1 is 1.00 bits per heavy atom. The number of allylic oxidation sites excluding steroid dienone is 2. The molecule has 1 heterocycles. The normalized spacial score (nSPS) is 21.9. The molecular formula is C24H18NO4-. The van der Waals surface area contributed by atoms with Crippen LogP contribution in [-0.2, 0) is 4.79 Å². The molecule has 29 heavy (non-hydrogen) atoms. The molecule has 144 valence electrons. The SMILES string of the molecule is O=C(Oc1ccc2ccccc2c1)c1cccc2c1N[C@H](C(=O)[O-])[C@@H]1CC=C[C@H]21. The van der Waals surface area contributed by atoms with E-state index in [0.717, 1.165) is 16.3 Å². The van der Waals surface area contributed by atoms with E-state index < -0.39 is 18.0 Å². The van der Waals surface area contributed by atoms with Crippen molar-refractivity contribution in [1.29, 1.82) is 0 Å². The van der Waals surface area contributed by atoms with Gasteiger partial charge in [-0.15, -0.1) is 0 Å². The number of carbonyl (C=O) groups excluding carboxylic acids is 2. The number of carbonyl (C=O) groups is 2. The van der Waals surface area contributed by atoms with Crippen LogP contribution in [-0.4, -0.2) is 18.0 Å². The maximum atomic E-state index is 12.9. The molecule has 1 N–H and O–H groups in total. The molecule has 0 aromatic heterocycles. The molecule has 1 aliphatic heterocycles. The number of carboxylic acid groups (broad SMARTS) is 1. The molecule has 0 saturated carbocycles. The van der Waals surface area contributed by atoms with Gasteiger partial charge in [-0.05, 0) is 46.9 Å². The largest absolute Gasteiger partial charge is 0.548 e. The first kappa shape index (κ1) is 17.5. The fraction of sp³-hybridized carbons (Fsp3) is 0.167. The summed E-state index contributed by atoms with van der Waals surface area (Å²) < 4.78 is 5.62. The second-order valence-corrected chi connectivity index (χ2v) is 7.46. The lowest BCUT2D eigenvalue weighted by atomic mass is 9.78. The van der Waals surface area contributed by atoms with Gasteiger partial charge in [-0.25, -0.2) is 4.79 Å². The van der Waals surface area contributed by atoms with E-state index in [1.165, 1.54) is 0 Å². The number of nitrogens with one attached hydrogen (secondary N) is 1. The molecule has 5 rings (SSSR count). The molecule has 0 unspecified atom stereocenters. The van der Waals surface area contributed by atoms with Crippen LogP contribution in [0.1, 0.15) is 28.3 Å². The van der Waals surface area contributed by atoms with Gasteiger partial charge in [-0.2, -0.15) is 0 Å². The Balaban J connectivity index is 1.50. The number of fused-ring (bicyclic) bond motifs is 4. The first-order chi connectivity index (χ1) is 14.1. The van der Waals surface area contributed by atoms with E-state index in [0.29, 0.717) is 23.4 Å². The minimum atomic E-state index is -1.16. The number of rotatable bonds is 3. The lowest BCUT2D eigenvalue weighted by Crippen LogP contribution is -2.49. The quantitative estimate of drug-likeness (QED) is 0.426. The Labute approximate surface area is 167 Å². The van der Waals surface area contributed by atoms with Crippen LogP contribution < -0.4 is 15.2 Å². The highest BCUT2D eigenvalue weighted by molar-refractivity contribution is 5.99. The second kappa shape index (κ2) is 6.78. The van der Waals surface area contributed by atoms with Gasteiger partial charge in [-0.3, -0.25) is 0 Å². The van der Waals surface area contributed by atoms with Crippen LogP contribution in [0.5, 0.6) is 5.75 Å². The fourth-order valence-corrected chi connectivity index (χ4v) is 4.42. The zero-order valence-corrected chi connectivity index (χ0v) is 15.5. The van der Waals surface area contributed by atoms with E-state index in [2.05, 4.69) is 5.32 Å². The highest BCUT2D eigenvalue weighted by Gasteiger charge is 2.39. The van der Waals surface area contributed by atoms with Gasteiger partial charge < -0.3 is 20.0 Å². The van der Waals surface area contributed by atoms with Crippen LogP contribution in [0, 0.1) is 5.92 Å². The summed E-state index contributed by atoms with van der Waals surface area (Å²) in [5.74, 6) is -1.41. The number of para-hydroxylation sites is 1. The molecule has 5 heteroatoms. The molecule has 0 fully saturated rings. The summed E-state index contributed by atoms with van der Waals surface area (Å²) in [5, 5.41) is 16.7. The number of hydrogen-bond acceptors (Lipinski definition) is 5. The zero-order valence-electron chi connectivity index (χ0n) is 15.5. The summed E-state index contributed by atoms with van der Waals surface area (Å²) in [6, 6.07) is 17.8. The summed E-state index contributed by atoms with van der Waals surface area (Å²) in [6.07, 6.45) is 4.67. The van der Waals surface area contributed by atoms with Crippen molar-refractivity contribution in [2.24, 2.45) is 5.92 Å². The van der Waals surface area contributed by atoms with Gasteiger partial charge in [0, 0.05) is 5.92 Å². The Kier molecular flexibility index (Phi) is 4.09. The summed E-state index contributed by atoms with van der Waals surface area (Å²) in [7, 11) is 0. The fourth-order valence-electron chi connectivity index (χ4n) is 4.42. The van der Waals surface area contributed by atoms with Gasteiger partial charge in [0.15, 0.2) is 0 Å². The second-order valence-electron chi connectivity index (χ2n) is 7.46. The molecule has 2 aliphatic rings. The van der Waals surface area contributed by atoms with Crippen molar-refractivity contribution in [2.75, 3.05) is 5.32 Å². The van der Waals surface area contributed by atoms with Gasteiger partial charge in [0.2, 0.25) is 0 Å². The van der Waals surface area contributed by atoms with Crippen molar-refractivity contribution in [3.8, 4) is 5.75 Å². The zero-order chi connectivity index (χ0) is 20.0. The number of anilines is 1. The number of aliphatic carboxylic acids is 1. The van der Waals surface area contributed by atoms with Gasteiger partial charge in [0.05, 0.1) is 23.3 Å². The molecule has 0 bridgehead atoms. The molecule has 1 aliphatic carbocycles. The number of hydrogen-bond donors (Lipinski definition) is 1. The third kappa shape index (κ3) is 2.95. The van der Waals surface area contributed by atoms with Gasteiger partial charge in [0.25, 0.3) is 0 Å². The average Bonchev–Trinajstić information content (AvgIpc) is 3.22. The summed E-state index contributed by atoms with van der Waals surface area (Å²) in [5.41, 5.74) is 1.75. The van der Waals surface area contributed by atoms with E-state index in [1.54, 1.807) is 18.2 Å². The highest BCUT2D eigenvalue weighted by atomic mass is 16.5. The monoisotopic (exact) mass is 384 g/mol. The van der Waals surface area contributed by atoms with Gasteiger partial charge >= 0.3 is 5.97 Å². The highest BCUT2D eigenvalue weighted by Crippen LogP contribution is 2.45. The van der Waals surface area contributed by atoms with Crippen LogP contribution in [0.15, 0.2) is 72.8 Å². The van der Waals surface area contributed by atoms with Crippen LogP contribution in [0.4, 0.5) is 5.69 Å². The predicted octanol–water partition coefficient (Wildman–Crippen LogP) is 3.26. The minimum absolute atomic E-state index is 0.0532. The maximum Gasteiger partial charge on any atom is 0.345 e. The lowest BCUT2D eigenvalue weighted by Gasteiger charge is -2.38. The van der Waals surface area contributed by atoms with Crippen LogP contribution in [0.25, 0.3) is 10.8 Å². The third-order valence-corrected chi connectivity index (χ3v) is 5.80. The Hall–Kier alpha value is -3.60. The third-order valence-electron chi connectivity index (χ3n) is 5.80. The summed E-state index contributed by atoms with van der Waals surface area (Å²) in [4.78, 5) is 24.6. The van der Waals surface area contributed by atoms with Gasteiger partial charge in [-0.1, -0.05) is 54.6 Å². The van der Waals surface area contributed by atoms with Gasteiger partial charge in [0.1, 0.15) is 5.75 Å². The van der Waals surface area contributed by atoms with Crippen molar-refractivity contribution in [2.45, 2.75) is 18.4 Å². The van der Waals surface area contributed by atoms with Crippen molar-refractivity contribution in [3.05, 3.63) is 83.9 Å². The Bertz CT molecular complexity index is 1170. The standard InChI is InChI=1S/C24H19NO4/c26-23(27)22-19-9-3-7-17(19)18-8-4-10-20(21(18)25-22)24(28)29-16-12-11-14-5-1-2-6-15(14)13-16/h1-8,10-13,17,19,22,25H,9H2,(H,26,27)/p-1/t17-,19-,22+/m1/s1. The smallest absolute Gasteiger partial charge is 0.345 e. The number of benzene rings is 3. The molecule has 3 aromatic carbocycles. The van der Waals surface area contributed by atoms with Crippen molar-refractivity contribution < 1.29 is 19.4 Å². The van der Waals surface area contributed by atoms with E-state index in [1.807, 2.05) is 54.6 Å². The molecule has 3 atom stereocenters. The minimum Gasteiger partial charge on any atom is -0.548 e. The molecule has 5 nitrogen and oxygen atoms in total. The van der Waals surface area contributed by atoms with Crippen LogP contribution in [0.3, 0.4) is 0 Å². The predicted molar refractivity (Wildman–Crippen MR) is 108 cm³/mol. The molecular weight excluding hydrogens is 366 g/mol. The Morgan fingerprint density at radius 2 is 1.83 bits per heavy atom. The van der Waals surface area contributed by atoms with E-state index >= 15 is 0 Å². The maximum absolute atomic E-state index is 12.9. The lowest BCUT2D eigenvalue weighted by molar-refractivity contribution is -0.308. The number of ether oxygens (including phenoxy) is 1. The van der Waals surface area contributed by atoms with E-state index in [4.69, 9.17) is 4.74 Å². The van der Waals surface area contributed by atoms with E-state index in [9.17, 15) is 14.7 Å². The van der Waals surface area contributed by atoms with Crippen molar-refractivity contribution >= 4 is 28.4 Å². The summed E-state index contributed by atoms with van der Waals surface area (Å²) >= 11 is 0. The van der Waals surface area contributed by atoms with Crippen molar-refractivity contribution in [1.82, 2.24) is 0 Å². The average molecular weight is 384 g/mol. The van der Waals surface area contributed by atoms with Crippen molar-refractivity contribution in [3.63, 3.8) is 0 Å². The first-order valence-corrected chi connectivity index (χ1v) is 9.60. The summed E-state index contributed by atoms with van der Waals surface area (Å²) in [6.45, 7) is 0. The van der Waals surface area contributed by atoms with Crippen LogP contribution >= 0.6 is 0 Å². The molecule has 0 amide bonds. The topological polar surface area (TPSA) is 78.5 Å². The number of esters is 1. The van der Waals surface area contributed by atoms with Crippen LogP contribution in [0.2, 0.25) is 0 Å². The number of carboxylic acids is 1. The van der Waals surface area contributed by atoms with E-state index in [-0.39, 0.29) is 11.8 Å². The molecule has 3 aromatic rings. The molecule has 0 spiro atoms.